The van der Waals surface area contributed by atoms with Gasteiger partial charge in [-0.3, -0.25) is 4.79 Å². The van der Waals surface area contributed by atoms with Crippen molar-refractivity contribution in [1.82, 2.24) is 10.6 Å². The lowest BCUT2D eigenvalue weighted by Crippen LogP contribution is -2.48. The molecule has 0 heterocycles. The summed E-state index contributed by atoms with van der Waals surface area (Å²) < 4.78 is 4.95. The average molecular weight is 322 g/mol. The van der Waals surface area contributed by atoms with Crippen molar-refractivity contribution in [3.05, 3.63) is 35.9 Å². The number of carbonyl (C=O) groups is 3. The Balaban J connectivity index is 2.34. The first-order chi connectivity index (χ1) is 10.9. The maximum atomic E-state index is 11.7. The molecule has 3 N–H and O–H groups in total. The van der Waals surface area contributed by atoms with Gasteiger partial charge in [0.15, 0.2) is 0 Å². The lowest BCUT2D eigenvalue weighted by molar-refractivity contribution is -0.143. The van der Waals surface area contributed by atoms with Crippen molar-refractivity contribution in [3.8, 4) is 0 Å². The molecule has 2 atom stereocenters. The summed E-state index contributed by atoms with van der Waals surface area (Å²) in [4.78, 5) is 34.3. The van der Waals surface area contributed by atoms with Crippen LogP contribution < -0.4 is 10.6 Å². The molecule has 0 aliphatic rings. The van der Waals surface area contributed by atoms with Gasteiger partial charge in [0, 0.05) is 0 Å². The minimum atomic E-state index is -1.10. The molecule has 23 heavy (non-hydrogen) atoms. The molecule has 126 valence electrons. The first kappa shape index (κ1) is 18.5. The van der Waals surface area contributed by atoms with E-state index in [4.69, 9.17) is 9.84 Å². The van der Waals surface area contributed by atoms with Crippen molar-refractivity contribution in [2.24, 2.45) is 5.92 Å². The molecule has 7 heteroatoms. The Kier molecular flexibility index (Phi) is 7.59. The molecule has 1 rings (SSSR count). The standard InChI is InChI=1S/C16H22N2O5/c1-3-11(2)14(15(20)21)18-13(19)9-17-16(22)23-10-12-7-5-4-6-8-12/h4-8,11,14H,3,9-10H2,1-2H3,(H,17,22)(H,18,19)(H,20,21)/t11-,14-/m1/s1. The number of hydrogen-bond donors (Lipinski definition) is 3. The Morgan fingerprint density at radius 2 is 1.87 bits per heavy atom. The molecule has 0 aromatic heterocycles. The number of aliphatic carboxylic acids is 1. The van der Waals surface area contributed by atoms with Crippen molar-refractivity contribution in [1.29, 1.82) is 0 Å². The molecule has 0 bridgehead atoms. The highest BCUT2D eigenvalue weighted by atomic mass is 16.5. The summed E-state index contributed by atoms with van der Waals surface area (Å²) in [5, 5.41) is 13.8. The first-order valence-electron chi connectivity index (χ1n) is 7.40. The Bertz CT molecular complexity index is 533. The van der Waals surface area contributed by atoms with E-state index in [2.05, 4.69) is 10.6 Å². The van der Waals surface area contributed by atoms with Crippen LogP contribution in [0, 0.1) is 5.92 Å². The second kappa shape index (κ2) is 9.45. The number of alkyl carbamates (subject to hydrolysis) is 1. The van der Waals surface area contributed by atoms with E-state index in [1.54, 1.807) is 6.92 Å². The number of carboxylic acids is 1. The summed E-state index contributed by atoms with van der Waals surface area (Å²) in [6.45, 7) is 3.33. The largest absolute Gasteiger partial charge is 0.480 e. The highest BCUT2D eigenvalue weighted by molar-refractivity contribution is 5.86. The Labute approximate surface area is 135 Å². The summed E-state index contributed by atoms with van der Waals surface area (Å²) in [5.41, 5.74) is 0.829. The van der Waals surface area contributed by atoms with Gasteiger partial charge in [0.1, 0.15) is 19.2 Å². The summed E-state index contributed by atoms with van der Waals surface area (Å²) in [5.74, 6) is -1.88. The zero-order valence-corrected chi connectivity index (χ0v) is 13.2. The third-order valence-corrected chi connectivity index (χ3v) is 3.40. The maximum absolute atomic E-state index is 11.7. The minimum absolute atomic E-state index is 0.0961. The summed E-state index contributed by atoms with van der Waals surface area (Å²) in [7, 11) is 0. The highest BCUT2D eigenvalue weighted by Crippen LogP contribution is 2.07. The topological polar surface area (TPSA) is 105 Å². The van der Waals surface area contributed by atoms with Gasteiger partial charge in [-0.25, -0.2) is 9.59 Å². The van der Waals surface area contributed by atoms with Crippen molar-refractivity contribution in [2.75, 3.05) is 6.54 Å². The molecule has 0 saturated carbocycles. The van der Waals surface area contributed by atoms with Crippen LogP contribution in [-0.2, 0) is 20.9 Å². The number of rotatable bonds is 8. The zero-order chi connectivity index (χ0) is 17.2. The van der Waals surface area contributed by atoms with Gasteiger partial charge in [-0.15, -0.1) is 0 Å². The van der Waals surface area contributed by atoms with E-state index in [-0.39, 0.29) is 19.1 Å². The van der Waals surface area contributed by atoms with Gasteiger partial charge in [-0.1, -0.05) is 50.6 Å². The van der Waals surface area contributed by atoms with E-state index in [0.717, 1.165) is 5.56 Å². The molecule has 2 amide bonds. The van der Waals surface area contributed by atoms with Gasteiger partial charge in [-0.2, -0.15) is 0 Å². The van der Waals surface area contributed by atoms with Gasteiger partial charge in [-0.05, 0) is 11.5 Å². The fraction of sp³-hybridized carbons (Fsp3) is 0.438. The third kappa shape index (κ3) is 6.82. The van der Waals surface area contributed by atoms with Crippen LogP contribution in [0.5, 0.6) is 0 Å². The quantitative estimate of drug-likeness (QED) is 0.673. The molecule has 0 radical (unpaired) electrons. The van der Waals surface area contributed by atoms with Crippen molar-refractivity contribution in [3.63, 3.8) is 0 Å². The summed E-state index contributed by atoms with van der Waals surface area (Å²) in [6.07, 6.45) is -0.122. The van der Waals surface area contributed by atoms with Crippen LogP contribution in [0.15, 0.2) is 30.3 Å². The Morgan fingerprint density at radius 3 is 2.43 bits per heavy atom. The Morgan fingerprint density at radius 1 is 1.22 bits per heavy atom. The van der Waals surface area contributed by atoms with Gasteiger partial charge >= 0.3 is 12.1 Å². The molecule has 0 saturated heterocycles. The molecule has 0 spiro atoms. The predicted octanol–water partition coefficient (Wildman–Crippen LogP) is 1.53. The number of benzene rings is 1. The number of ether oxygens (including phenoxy) is 1. The maximum Gasteiger partial charge on any atom is 0.407 e. The lowest BCUT2D eigenvalue weighted by atomic mass is 9.99. The van der Waals surface area contributed by atoms with E-state index in [1.165, 1.54) is 0 Å². The molecule has 0 unspecified atom stereocenters. The third-order valence-electron chi connectivity index (χ3n) is 3.40. The van der Waals surface area contributed by atoms with E-state index >= 15 is 0 Å². The molecule has 0 aliphatic heterocycles. The number of amides is 2. The minimum Gasteiger partial charge on any atom is -0.480 e. The van der Waals surface area contributed by atoms with Crippen LogP contribution in [0.3, 0.4) is 0 Å². The van der Waals surface area contributed by atoms with Gasteiger partial charge in [0.05, 0.1) is 0 Å². The van der Waals surface area contributed by atoms with E-state index < -0.39 is 24.0 Å². The molecule has 0 aliphatic carbocycles. The smallest absolute Gasteiger partial charge is 0.407 e. The van der Waals surface area contributed by atoms with Crippen LogP contribution in [0.2, 0.25) is 0 Å². The van der Waals surface area contributed by atoms with Crippen LogP contribution in [0.1, 0.15) is 25.8 Å². The molecule has 7 nitrogen and oxygen atoms in total. The second-order valence-electron chi connectivity index (χ2n) is 5.18. The molecular formula is C16H22N2O5. The molecule has 1 aromatic carbocycles. The van der Waals surface area contributed by atoms with Crippen LogP contribution in [0.4, 0.5) is 4.79 Å². The zero-order valence-electron chi connectivity index (χ0n) is 13.2. The highest BCUT2D eigenvalue weighted by Gasteiger charge is 2.25. The SMILES string of the molecule is CC[C@@H](C)[C@@H](NC(=O)CNC(=O)OCc1ccccc1)C(=O)O. The number of hydrogen-bond acceptors (Lipinski definition) is 4. The average Bonchev–Trinajstić information content (AvgIpc) is 2.55. The van der Waals surface area contributed by atoms with Gasteiger partial charge < -0.3 is 20.5 Å². The fourth-order valence-electron chi connectivity index (χ4n) is 1.83. The molecular weight excluding hydrogens is 300 g/mol. The van der Waals surface area contributed by atoms with E-state index in [9.17, 15) is 14.4 Å². The number of carbonyl (C=O) groups excluding carboxylic acids is 2. The number of nitrogens with one attached hydrogen (secondary N) is 2. The predicted molar refractivity (Wildman–Crippen MR) is 83.7 cm³/mol. The van der Waals surface area contributed by atoms with Crippen molar-refractivity contribution >= 4 is 18.0 Å². The second-order valence-corrected chi connectivity index (χ2v) is 5.18. The first-order valence-corrected chi connectivity index (χ1v) is 7.40. The van der Waals surface area contributed by atoms with E-state index in [0.29, 0.717) is 6.42 Å². The van der Waals surface area contributed by atoms with Crippen LogP contribution >= 0.6 is 0 Å². The summed E-state index contributed by atoms with van der Waals surface area (Å²) in [6, 6.07) is 8.14. The summed E-state index contributed by atoms with van der Waals surface area (Å²) >= 11 is 0. The Hall–Kier alpha value is -2.57. The normalized spacial score (nSPS) is 12.8. The number of carboxylic acid groups (broad SMARTS) is 1. The fourth-order valence-corrected chi connectivity index (χ4v) is 1.83. The molecule has 1 aromatic rings. The lowest BCUT2D eigenvalue weighted by Gasteiger charge is -2.20. The van der Waals surface area contributed by atoms with Gasteiger partial charge in [0.25, 0.3) is 0 Å². The van der Waals surface area contributed by atoms with Crippen molar-refractivity contribution in [2.45, 2.75) is 32.9 Å². The van der Waals surface area contributed by atoms with Crippen LogP contribution in [0.25, 0.3) is 0 Å². The van der Waals surface area contributed by atoms with Gasteiger partial charge in [0.2, 0.25) is 5.91 Å². The van der Waals surface area contributed by atoms with Crippen LogP contribution in [-0.4, -0.2) is 35.7 Å². The van der Waals surface area contributed by atoms with E-state index in [1.807, 2.05) is 37.3 Å². The molecule has 0 fully saturated rings. The monoisotopic (exact) mass is 322 g/mol. The van der Waals surface area contributed by atoms with Crippen molar-refractivity contribution < 1.29 is 24.2 Å².